The molecule has 1 heterocycles. The minimum absolute atomic E-state index is 0.285. The molecule has 1 atom stereocenters. The summed E-state index contributed by atoms with van der Waals surface area (Å²) in [5.41, 5.74) is -1.09. The second-order valence-electron chi connectivity index (χ2n) is 2.94. The van der Waals surface area contributed by atoms with Gasteiger partial charge in [0, 0.05) is 6.54 Å². The summed E-state index contributed by atoms with van der Waals surface area (Å²) in [6, 6.07) is 0. The van der Waals surface area contributed by atoms with Gasteiger partial charge in [-0.3, -0.25) is 4.74 Å². The smallest absolute Gasteiger partial charge is 0.393 e. The van der Waals surface area contributed by atoms with Crippen LogP contribution in [0.1, 0.15) is 6.42 Å². The molecule has 5 N–H and O–H groups in total. The third-order valence-corrected chi connectivity index (χ3v) is 1.85. The number of nitrogens with one attached hydrogen (secondary N) is 1. The summed E-state index contributed by atoms with van der Waals surface area (Å²) in [4.78, 5) is 0. The van der Waals surface area contributed by atoms with E-state index in [0.29, 0.717) is 13.0 Å². The number of aliphatic hydroxyl groups excluding tert-OH is 1. The predicted octanol–water partition coefficient (Wildman–Crippen LogP) is -2.68. The molecule has 1 aliphatic heterocycles. The van der Waals surface area contributed by atoms with Crippen LogP contribution >= 0.6 is 0 Å². The second kappa shape index (κ2) is 3.25. The average Bonchev–Trinajstić information content (AvgIpc) is 2.34. The van der Waals surface area contributed by atoms with Crippen LogP contribution in [0.25, 0.3) is 0 Å². The van der Waals surface area contributed by atoms with Crippen molar-refractivity contribution in [3.05, 3.63) is 0 Å². The van der Waals surface area contributed by atoms with Gasteiger partial charge in [-0.2, -0.15) is 0 Å². The Morgan fingerprint density at radius 1 is 1.42 bits per heavy atom. The van der Waals surface area contributed by atoms with Gasteiger partial charge in [-0.05, 0) is 13.0 Å². The first-order valence-corrected chi connectivity index (χ1v) is 3.66. The summed E-state index contributed by atoms with van der Waals surface area (Å²) in [6.07, 6.45) is -2.75. The highest BCUT2D eigenvalue weighted by Crippen LogP contribution is 2.22. The highest BCUT2D eigenvalue weighted by molar-refractivity contribution is 4.89. The molecule has 0 spiro atoms. The summed E-state index contributed by atoms with van der Waals surface area (Å²) in [6.45, 7) is 0.521. The molecule has 0 aliphatic carbocycles. The molecule has 6 heteroatoms. The average molecular weight is 179 g/mol. The first kappa shape index (κ1) is 9.85. The van der Waals surface area contributed by atoms with Gasteiger partial charge in [0.25, 0.3) is 0 Å². The summed E-state index contributed by atoms with van der Waals surface area (Å²) in [5, 5.41) is 37.3. The second-order valence-corrected chi connectivity index (χ2v) is 2.94. The molecule has 0 bridgehead atoms. The summed E-state index contributed by atoms with van der Waals surface area (Å²) >= 11 is 0. The van der Waals surface area contributed by atoms with Crippen molar-refractivity contribution in [1.82, 2.24) is 5.32 Å². The number of hydrogen-bond acceptors (Lipinski definition) is 6. The Labute approximate surface area is 69.4 Å². The van der Waals surface area contributed by atoms with Gasteiger partial charge in [-0.15, -0.1) is 0 Å². The van der Waals surface area contributed by atoms with Gasteiger partial charge in [-0.1, -0.05) is 0 Å². The highest BCUT2D eigenvalue weighted by Gasteiger charge is 2.41. The zero-order valence-electron chi connectivity index (χ0n) is 6.53. The Balaban J connectivity index is 2.55. The van der Waals surface area contributed by atoms with Crippen LogP contribution in [0.5, 0.6) is 0 Å². The van der Waals surface area contributed by atoms with E-state index in [1.165, 1.54) is 0 Å². The molecule has 0 saturated carbocycles. The molecule has 1 saturated heterocycles. The minimum Gasteiger partial charge on any atom is -0.393 e. The van der Waals surface area contributed by atoms with Gasteiger partial charge in [0.05, 0.1) is 6.61 Å². The van der Waals surface area contributed by atoms with Crippen molar-refractivity contribution in [3.63, 3.8) is 0 Å². The monoisotopic (exact) mass is 179 g/mol. The Kier molecular flexibility index (Phi) is 2.67. The predicted molar refractivity (Wildman–Crippen MR) is 37.8 cm³/mol. The van der Waals surface area contributed by atoms with Crippen molar-refractivity contribution < 1.29 is 25.2 Å². The number of aliphatic hydroxyl groups is 4. The van der Waals surface area contributed by atoms with E-state index in [1.807, 2.05) is 0 Å². The van der Waals surface area contributed by atoms with Crippen molar-refractivity contribution in [3.8, 4) is 0 Å². The first-order valence-electron chi connectivity index (χ1n) is 3.66. The molecule has 6 nitrogen and oxygen atoms in total. The standard InChI is InChI=1S/C6H13NO5/c8-4-5(1-2-7-3-5)12-6(9,10)11/h7-11H,1-4H2. The largest absolute Gasteiger partial charge is 0.405 e. The van der Waals surface area contributed by atoms with Crippen molar-refractivity contribution in [2.45, 2.75) is 18.2 Å². The third kappa shape index (κ3) is 2.37. The Morgan fingerprint density at radius 3 is 2.42 bits per heavy atom. The highest BCUT2D eigenvalue weighted by atomic mass is 16.9. The van der Waals surface area contributed by atoms with Gasteiger partial charge in [0.15, 0.2) is 0 Å². The van der Waals surface area contributed by atoms with E-state index in [1.54, 1.807) is 0 Å². The van der Waals surface area contributed by atoms with Crippen molar-refractivity contribution >= 4 is 0 Å². The molecule has 12 heavy (non-hydrogen) atoms. The van der Waals surface area contributed by atoms with Gasteiger partial charge >= 0.3 is 6.16 Å². The van der Waals surface area contributed by atoms with E-state index in [0.717, 1.165) is 0 Å². The molecule has 1 aliphatic rings. The fourth-order valence-electron chi connectivity index (χ4n) is 1.27. The molecule has 72 valence electrons. The van der Waals surface area contributed by atoms with Crippen molar-refractivity contribution in [2.24, 2.45) is 0 Å². The molecule has 0 aromatic carbocycles. The molecule has 1 unspecified atom stereocenters. The minimum atomic E-state index is -3.17. The lowest BCUT2D eigenvalue weighted by Crippen LogP contribution is -2.48. The van der Waals surface area contributed by atoms with E-state index in [9.17, 15) is 0 Å². The molecule has 0 amide bonds. The normalized spacial score (nSPS) is 31.0. The fourth-order valence-corrected chi connectivity index (χ4v) is 1.27. The fraction of sp³-hybridized carbons (Fsp3) is 1.00. The Morgan fingerprint density at radius 2 is 2.08 bits per heavy atom. The number of rotatable bonds is 3. The van der Waals surface area contributed by atoms with Crippen LogP contribution in [0.15, 0.2) is 0 Å². The number of hydrogen-bond donors (Lipinski definition) is 5. The number of ether oxygens (including phenoxy) is 1. The van der Waals surface area contributed by atoms with Crippen LogP contribution in [0.4, 0.5) is 0 Å². The van der Waals surface area contributed by atoms with Crippen LogP contribution in [0.3, 0.4) is 0 Å². The maximum absolute atomic E-state index is 8.88. The molecule has 1 fully saturated rings. The van der Waals surface area contributed by atoms with Crippen LogP contribution < -0.4 is 5.32 Å². The van der Waals surface area contributed by atoms with Crippen LogP contribution in [-0.2, 0) is 4.74 Å². The maximum Gasteiger partial charge on any atom is 0.405 e. The summed E-state index contributed by atoms with van der Waals surface area (Å²) < 4.78 is 4.49. The van der Waals surface area contributed by atoms with Gasteiger partial charge in [0.2, 0.25) is 0 Å². The quantitative estimate of drug-likeness (QED) is 0.302. The Hall–Kier alpha value is -0.240. The van der Waals surface area contributed by atoms with E-state index >= 15 is 0 Å². The van der Waals surface area contributed by atoms with E-state index < -0.39 is 11.8 Å². The first-order chi connectivity index (χ1) is 5.47. The van der Waals surface area contributed by atoms with Crippen LogP contribution in [-0.4, -0.2) is 51.9 Å². The molecule has 1 rings (SSSR count). The van der Waals surface area contributed by atoms with Gasteiger partial charge in [0.1, 0.15) is 5.60 Å². The maximum atomic E-state index is 8.88. The lowest BCUT2D eigenvalue weighted by molar-refractivity contribution is -0.480. The molecule has 0 aromatic heterocycles. The lowest BCUT2D eigenvalue weighted by Gasteiger charge is -2.30. The van der Waals surface area contributed by atoms with Crippen molar-refractivity contribution in [1.29, 1.82) is 0 Å². The molecule has 0 aromatic rings. The Bertz CT molecular complexity index is 149. The molecular weight excluding hydrogens is 166 g/mol. The third-order valence-electron chi connectivity index (χ3n) is 1.85. The van der Waals surface area contributed by atoms with Gasteiger partial charge in [-0.25, -0.2) is 0 Å². The lowest BCUT2D eigenvalue weighted by atomic mass is 10.1. The van der Waals surface area contributed by atoms with Gasteiger partial charge < -0.3 is 25.7 Å². The molecular formula is C6H13NO5. The zero-order chi connectivity index (χ0) is 9.24. The summed E-state index contributed by atoms with van der Waals surface area (Å²) in [5.74, 6) is 0. The van der Waals surface area contributed by atoms with Crippen LogP contribution in [0, 0.1) is 0 Å². The van der Waals surface area contributed by atoms with E-state index in [-0.39, 0.29) is 13.2 Å². The van der Waals surface area contributed by atoms with Crippen LogP contribution in [0.2, 0.25) is 0 Å². The van der Waals surface area contributed by atoms with Crippen molar-refractivity contribution in [2.75, 3.05) is 19.7 Å². The van der Waals surface area contributed by atoms with E-state index in [2.05, 4.69) is 10.1 Å². The van der Waals surface area contributed by atoms with E-state index in [4.69, 9.17) is 20.4 Å². The SMILES string of the molecule is OCC1(OC(O)(O)O)CCNC1. The zero-order valence-corrected chi connectivity index (χ0v) is 6.53. The molecule has 0 radical (unpaired) electrons. The topological polar surface area (TPSA) is 102 Å². The summed E-state index contributed by atoms with van der Waals surface area (Å²) in [7, 11) is 0.